The van der Waals surface area contributed by atoms with E-state index in [1.165, 1.54) is 0 Å². The summed E-state index contributed by atoms with van der Waals surface area (Å²) in [6.45, 7) is 1.93. The number of primary amides is 1. The van der Waals surface area contributed by atoms with Crippen LogP contribution >= 0.6 is 0 Å². The monoisotopic (exact) mass is 272 g/mol. The number of carbonyl (C=O) groups is 2. The smallest absolute Gasteiger partial charge is 0.255 e. The zero-order valence-corrected chi connectivity index (χ0v) is 11.0. The van der Waals surface area contributed by atoms with Crippen LogP contribution in [0.25, 0.3) is 0 Å². The molecule has 5 N–H and O–H groups in total. The van der Waals surface area contributed by atoms with Gasteiger partial charge in [-0.15, -0.1) is 0 Å². The first-order chi connectivity index (χ1) is 9.58. The summed E-state index contributed by atoms with van der Waals surface area (Å²) >= 11 is 0. The minimum Gasteiger partial charge on any atom is -0.369 e. The van der Waals surface area contributed by atoms with E-state index >= 15 is 0 Å². The van der Waals surface area contributed by atoms with Crippen LogP contribution < -0.4 is 16.6 Å². The topological polar surface area (TPSA) is 100 Å². The molecule has 2 rings (SSSR count). The van der Waals surface area contributed by atoms with Crippen LogP contribution in [0.3, 0.4) is 0 Å². The fourth-order valence-corrected chi connectivity index (χ4v) is 1.81. The van der Waals surface area contributed by atoms with Gasteiger partial charge in [0.05, 0.1) is 5.69 Å². The summed E-state index contributed by atoms with van der Waals surface area (Å²) in [5.41, 5.74) is 12.8. The standard InChI is InChI=1S/C14H16N4O2/c1-9-2-4-10(5-3-9)12(13(15)19)14(20)18-17-11-6-7-16-8-11/h2-8,12,16-17H,1H3,(H2,15,19)(H,18,20). The lowest BCUT2D eigenvalue weighted by Crippen LogP contribution is -2.39. The third-order valence-corrected chi connectivity index (χ3v) is 2.89. The van der Waals surface area contributed by atoms with Crippen LogP contribution in [0.4, 0.5) is 5.69 Å². The van der Waals surface area contributed by atoms with Crippen molar-refractivity contribution in [2.45, 2.75) is 12.8 Å². The third kappa shape index (κ3) is 3.17. The van der Waals surface area contributed by atoms with Gasteiger partial charge in [-0.25, -0.2) is 0 Å². The van der Waals surface area contributed by atoms with Crippen LogP contribution in [0.1, 0.15) is 17.0 Å². The number of rotatable bonds is 5. The summed E-state index contributed by atoms with van der Waals surface area (Å²) in [6, 6.07) is 8.85. The molecule has 0 aliphatic heterocycles. The van der Waals surface area contributed by atoms with Crippen molar-refractivity contribution in [2.75, 3.05) is 5.43 Å². The largest absolute Gasteiger partial charge is 0.369 e. The Labute approximate surface area is 116 Å². The second-order valence-corrected chi connectivity index (χ2v) is 4.46. The number of aromatic nitrogens is 1. The number of carbonyl (C=O) groups excluding carboxylic acids is 2. The van der Waals surface area contributed by atoms with Gasteiger partial charge in [-0.3, -0.25) is 20.4 Å². The van der Waals surface area contributed by atoms with Crippen molar-refractivity contribution in [1.82, 2.24) is 10.4 Å². The molecule has 0 bridgehead atoms. The van der Waals surface area contributed by atoms with Gasteiger partial charge in [-0.05, 0) is 18.6 Å². The van der Waals surface area contributed by atoms with E-state index in [-0.39, 0.29) is 0 Å². The van der Waals surface area contributed by atoms with Gasteiger partial charge in [0.2, 0.25) is 5.91 Å². The minimum absolute atomic E-state index is 0.498. The predicted octanol–water partition coefficient (Wildman–Crippen LogP) is 1.04. The summed E-state index contributed by atoms with van der Waals surface area (Å²) in [7, 11) is 0. The molecular weight excluding hydrogens is 256 g/mol. The molecule has 0 spiro atoms. The summed E-state index contributed by atoms with van der Waals surface area (Å²) in [5, 5.41) is 0. The molecule has 0 saturated carbocycles. The number of H-pyrrole nitrogens is 1. The summed E-state index contributed by atoms with van der Waals surface area (Å²) < 4.78 is 0. The fourth-order valence-electron chi connectivity index (χ4n) is 1.81. The van der Waals surface area contributed by atoms with E-state index in [1.807, 2.05) is 19.1 Å². The molecule has 2 amide bonds. The number of aryl methyl sites for hydroxylation is 1. The molecule has 1 aromatic carbocycles. The molecule has 1 aromatic heterocycles. The number of anilines is 1. The number of benzene rings is 1. The number of nitrogens with one attached hydrogen (secondary N) is 3. The van der Waals surface area contributed by atoms with Crippen LogP contribution in [0.5, 0.6) is 0 Å². The maximum absolute atomic E-state index is 12.1. The zero-order valence-electron chi connectivity index (χ0n) is 11.0. The van der Waals surface area contributed by atoms with E-state index in [0.717, 1.165) is 5.56 Å². The number of hydrogen-bond donors (Lipinski definition) is 4. The van der Waals surface area contributed by atoms with Gasteiger partial charge in [0.1, 0.15) is 5.92 Å². The number of hydrazine groups is 1. The van der Waals surface area contributed by atoms with E-state index in [4.69, 9.17) is 5.73 Å². The van der Waals surface area contributed by atoms with Crippen molar-refractivity contribution in [3.63, 3.8) is 0 Å². The molecule has 20 heavy (non-hydrogen) atoms. The van der Waals surface area contributed by atoms with Gasteiger partial charge >= 0.3 is 0 Å². The number of nitrogens with two attached hydrogens (primary N) is 1. The normalized spacial score (nSPS) is 11.7. The average Bonchev–Trinajstić information content (AvgIpc) is 2.92. The maximum Gasteiger partial charge on any atom is 0.255 e. The highest BCUT2D eigenvalue weighted by molar-refractivity contribution is 6.05. The fraction of sp³-hybridized carbons (Fsp3) is 0.143. The first kappa shape index (κ1) is 13.7. The van der Waals surface area contributed by atoms with Gasteiger partial charge in [0, 0.05) is 12.4 Å². The molecule has 2 aromatic rings. The molecule has 0 saturated heterocycles. The number of hydrogen-bond acceptors (Lipinski definition) is 3. The highest BCUT2D eigenvalue weighted by atomic mass is 16.2. The molecule has 0 aliphatic rings. The Kier molecular flexibility index (Phi) is 4.05. The molecule has 1 atom stereocenters. The predicted molar refractivity (Wildman–Crippen MR) is 75.7 cm³/mol. The Balaban J connectivity index is 2.10. The molecule has 0 aliphatic carbocycles. The molecule has 0 radical (unpaired) electrons. The summed E-state index contributed by atoms with van der Waals surface area (Å²) in [5.74, 6) is -2.22. The van der Waals surface area contributed by atoms with E-state index in [1.54, 1.807) is 30.6 Å². The van der Waals surface area contributed by atoms with Crippen LogP contribution in [-0.4, -0.2) is 16.8 Å². The summed E-state index contributed by atoms with van der Waals surface area (Å²) in [6.07, 6.45) is 3.38. The number of amides is 2. The van der Waals surface area contributed by atoms with E-state index in [9.17, 15) is 9.59 Å². The minimum atomic E-state index is -1.03. The Morgan fingerprint density at radius 3 is 2.45 bits per heavy atom. The molecular formula is C14H16N4O2. The lowest BCUT2D eigenvalue weighted by molar-refractivity contribution is -0.129. The molecule has 1 unspecified atom stereocenters. The highest BCUT2D eigenvalue weighted by Gasteiger charge is 2.26. The lowest BCUT2D eigenvalue weighted by atomic mass is 9.97. The Morgan fingerprint density at radius 1 is 1.20 bits per heavy atom. The van der Waals surface area contributed by atoms with Crippen molar-refractivity contribution in [3.05, 3.63) is 53.9 Å². The van der Waals surface area contributed by atoms with Crippen LogP contribution in [0.15, 0.2) is 42.7 Å². The van der Waals surface area contributed by atoms with Crippen LogP contribution in [0, 0.1) is 6.92 Å². The van der Waals surface area contributed by atoms with Gasteiger partial charge in [0.15, 0.2) is 0 Å². The van der Waals surface area contributed by atoms with E-state index in [2.05, 4.69) is 15.8 Å². The Hall–Kier alpha value is -2.76. The lowest BCUT2D eigenvalue weighted by Gasteiger charge is -2.14. The molecule has 6 nitrogen and oxygen atoms in total. The Bertz CT molecular complexity index is 590. The highest BCUT2D eigenvalue weighted by Crippen LogP contribution is 2.16. The number of aromatic amines is 1. The SMILES string of the molecule is Cc1ccc(C(C(N)=O)C(=O)NNc2cc[nH]c2)cc1. The van der Waals surface area contributed by atoms with Crippen LogP contribution in [-0.2, 0) is 9.59 Å². The second kappa shape index (κ2) is 5.92. The first-order valence-corrected chi connectivity index (χ1v) is 6.12. The van der Waals surface area contributed by atoms with Gasteiger partial charge < -0.3 is 10.7 Å². The van der Waals surface area contributed by atoms with E-state index < -0.39 is 17.7 Å². The second-order valence-electron chi connectivity index (χ2n) is 4.46. The van der Waals surface area contributed by atoms with Crippen molar-refractivity contribution in [1.29, 1.82) is 0 Å². The summed E-state index contributed by atoms with van der Waals surface area (Å²) in [4.78, 5) is 26.4. The maximum atomic E-state index is 12.1. The zero-order chi connectivity index (χ0) is 14.5. The van der Waals surface area contributed by atoms with E-state index in [0.29, 0.717) is 11.3 Å². The Morgan fingerprint density at radius 2 is 1.90 bits per heavy atom. The molecule has 0 fully saturated rings. The third-order valence-electron chi connectivity index (χ3n) is 2.89. The van der Waals surface area contributed by atoms with Crippen molar-refractivity contribution < 1.29 is 9.59 Å². The van der Waals surface area contributed by atoms with Gasteiger partial charge in [-0.2, -0.15) is 0 Å². The van der Waals surface area contributed by atoms with Crippen molar-refractivity contribution in [3.8, 4) is 0 Å². The van der Waals surface area contributed by atoms with Gasteiger partial charge in [-0.1, -0.05) is 29.8 Å². The molecule has 6 heteroatoms. The van der Waals surface area contributed by atoms with Gasteiger partial charge in [0.25, 0.3) is 5.91 Å². The molecule has 104 valence electrons. The van der Waals surface area contributed by atoms with Crippen molar-refractivity contribution >= 4 is 17.5 Å². The van der Waals surface area contributed by atoms with Crippen LogP contribution in [0.2, 0.25) is 0 Å². The average molecular weight is 272 g/mol. The quantitative estimate of drug-likeness (QED) is 0.483. The first-order valence-electron chi connectivity index (χ1n) is 6.12. The van der Waals surface area contributed by atoms with Crippen molar-refractivity contribution in [2.24, 2.45) is 5.73 Å². The molecule has 1 heterocycles.